The van der Waals surface area contributed by atoms with Gasteiger partial charge >= 0.3 is 0 Å². The van der Waals surface area contributed by atoms with E-state index >= 15 is 0 Å². The quantitative estimate of drug-likeness (QED) is 0.489. The van der Waals surface area contributed by atoms with E-state index < -0.39 is 0 Å². The molecule has 7 nitrogen and oxygen atoms in total. The molecule has 0 aliphatic carbocycles. The SMILES string of the molecule is C[C@@H](NC(=O)CCNC(=O)CCC(=O)c1cccs1)c1ccc(-n2ccnc2)cc1. The molecule has 0 bridgehead atoms. The third-order valence-corrected chi connectivity index (χ3v) is 5.53. The normalized spacial score (nSPS) is 11.6. The number of rotatable bonds is 10. The Balaban J connectivity index is 1.35. The Hall–Kier alpha value is -3.26. The predicted molar refractivity (Wildman–Crippen MR) is 116 cm³/mol. The second-order valence-corrected chi connectivity index (χ2v) is 7.80. The molecule has 1 atom stereocenters. The zero-order chi connectivity index (χ0) is 21.3. The average molecular weight is 425 g/mol. The smallest absolute Gasteiger partial charge is 0.222 e. The zero-order valence-corrected chi connectivity index (χ0v) is 17.5. The Labute approximate surface area is 179 Å². The highest BCUT2D eigenvalue weighted by Crippen LogP contribution is 2.16. The summed E-state index contributed by atoms with van der Waals surface area (Å²) in [6.45, 7) is 2.16. The molecule has 2 amide bonds. The summed E-state index contributed by atoms with van der Waals surface area (Å²) >= 11 is 1.37. The number of amides is 2. The maximum absolute atomic E-state index is 12.2. The Bertz CT molecular complexity index is 967. The Morgan fingerprint density at radius 2 is 1.87 bits per heavy atom. The van der Waals surface area contributed by atoms with Crippen LogP contribution in [0, 0.1) is 0 Å². The highest BCUT2D eigenvalue weighted by atomic mass is 32.1. The minimum Gasteiger partial charge on any atom is -0.356 e. The number of aromatic nitrogens is 2. The minimum absolute atomic E-state index is 0.0363. The molecule has 0 saturated carbocycles. The average Bonchev–Trinajstić information content (AvgIpc) is 3.46. The van der Waals surface area contributed by atoms with Crippen LogP contribution in [0.4, 0.5) is 0 Å². The molecule has 0 fully saturated rings. The van der Waals surface area contributed by atoms with Gasteiger partial charge < -0.3 is 15.2 Å². The Morgan fingerprint density at radius 3 is 2.53 bits per heavy atom. The molecule has 0 spiro atoms. The Morgan fingerprint density at radius 1 is 1.07 bits per heavy atom. The van der Waals surface area contributed by atoms with Gasteiger partial charge in [-0.15, -0.1) is 11.3 Å². The molecule has 30 heavy (non-hydrogen) atoms. The van der Waals surface area contributed by atoms with E-state index in [4.69, 9.17) is 0 Å². The van der Waals surface area contributed by atoms with Crippen molar-refractivity contribution in [3.05, 3.63) is 70.9 Å². The number of carbonyl (C=O) groups is 3. The van der Waals surface area contributed by atoms with E-state index in [0.717, 1.165) is 11.3 Å². The van der Waals surface area contributed by atoms with Crippen LogP contribution in [0.15, 0.2) is 60.5 Å². The number of hydrogen-bond acceptors (Lipinski definition) is 5. The van der Waals surface area contributed by atoms with Crippen LogP contribution in [-0.2, 0) is 9.59 Å². The first-order valence-electron chi connectivity index (χ1n) is 9.74. The van der Waals surface area contributed by atoms with Gasteiger partial charge in [0.25, 0.3) is 0 Å². The number of ketones is 1. The van der Waals surface area contributed by atoms with Crippen molar-refractivity contribution < 1.29 is 14.4 Å². The molecule has 2 heterocycles. The van der Waals surface area contributed by atoms with Crippen molar-refractivity contribution in [1.82, 2.24) is 20.2 Å². The molecule has 1 aromatic carbocycles. The van der Waals surface area contributed by atoms with Crippen LogP contribution in [0.2, 0.25) is 0 Å². The number of Topliss-reactive ketones (excluding diaryl/α,β-unsaturated/α-hetero) is 1. The molecule has 3 rings (SSSR count). The van der Waals surface area contributed by atoms with Crippen LogP contribution in [0.1, 0.15) is 47.5 Å². The molecule has 8 heteroatoms. The molecule has 3 aromatic rings. The van der Waals surface area contributed by atoms with E-state index in [0.29, 0.717) is 4.88 Å². The van der Waals surface area contributed by atoms with E-state index in [2.05, 4.69) is 15.6 Å². The standard InChI is InChI=1S/C22H24N4O3S/c1-16(17-4-6-18(7-5-17)26-13-12-23-15-26)25-22(29)10-11-24-21(28)9-8-19(27)20-3-2-14-30-20/h2-7,12-16H,8-11H2,1H3,(H,24,28)(H,25,29)/t16-/m1/s1. The molecule has 0 unspecified atom stereocenters. The lowest BCUT2D eigenvalue weighted by Crippen LogP contribution is -2.32. The monoisotopic (exact) mass is 424 g/mol. The lowest BCUT2D eigenvalue weighted by molar-refractivity contribution is -0.122. The lowest BCUT2D eigenvalue weighted by atomic mass is 10.1. The van der Waals surface area contributed by atoms with Crippen LogP contribution in [-0.4, -0.2) is 33.7 Å². The maximum Gasteiger partial charge on any atom is 0.222 e. The van der Waals surface area contributed by atoms with Crippen molar-refractivity contribution in [2.75, 3.05) is 6.54 Å². The van der Waals surface area contributed by atoms with Gasteiger partial charge in [0.15, 0.2) is 5.78 Å². The van der Waals surface area contributed by atoms with Crippen molar-refractivity contribution in [2.24, 2.45) is 0 Å². The zero-order valence-electron chi connectivity index (χ0n) is 16.7. The minimum atomic E-state index is -0.226. The second-order valence-electron chi connectivity index (χ2n) is 6.85. The van der Waals surface area contributed by atoms with E-state index in [1.54, 1.807) is 18.6 Å². The first-order valence-corrected chi connectivity index (χ1v) is 10.6. The summed E-state index contributed by atoms with van der Waals surface area (Å²) in [5.41, 5.74) is 1.98. The number of thiophene rings is 1. The summed E-state index contributed by atoms with van der Waals surface area (Å²) in [4.78, 5) is 40.6. The number of hydrogen-bond donors (Lipinski definition) is 2. The summed E-state index contributed by atoms with van der Waals surface area (Å²) in [5.74, 6) is -0.405. The van der Waals surface area contributed by atoms with Gasteiger partial charge in [0.2, 0.25) is 11.8 Å². The summed E-state index contributed by atoms with van der Waals surface area (Å²) < 4.78 is 1.91. The first kappa shape index (κ1) is 21.4. The molecule has 156 valence electrons. The highest BCUT2D eigenvalue weighted by molar-refractivity contribution is 7.12. The highest BCUT2D eigenvalue weighted by Gasteiger charge is 2.12. The van der Waals surface area contributed by atoms with Crippen LogP contribution in [0.3, 0.4) is 0 Å². The molecule has 2 N–H and O–H groups in total. The summed E-state index contributed by atoms with van der Waals surface area (Å²) in [5, 5.41) is 7.46. The number of nitrogens with one attached hydrogen (secondary N) is 2. The number of benzene rings is 1. The number of nitrogens with zero attached hydrogens (tertiary/aromatic N) is 2. The van der Waals surface area contributed by atoms with Crippen molar-refractivity contribution in [3.63, 3.8) is 0 Å². The second kappa shape index (κ2) is 10.5. The van der Waals surface area contributed by atoms with Crippen molar-refractivity contribution >= 4 is 28.9 Å². The Kier molecular flexibility index (Phi) is 7.51. The van der Waals surface area contributed by atoms with Gasteiger partial charge in [0.1, 0.15) is 0 Å². The largest absolute Gasteiger partial charge is 0.356 e. The number of carbonyl (C=O) groups excluding carboxylic acids is 3. The van der Waals surface area contributed by atoms with E-state index in [1.165, 1.54) is 11.3 Å². The molecule has 0 saturated heterocycles. The van der Waals surface area contributed by atoms with Crippen LogP contribution >= 0.6 is 11.3 Å². The first-order chi connectivity index (χ1) is 14.5. The van der Waals surface area contributed by atoms with Gasteiger partial charge in [-0.3, -0.25) is 14.4 Å². The van der Waals surface area contributed by atoms with Gasteiger partial charge in [-0.05, 0) is 36.1 Å². The van der Waals surface area contributed by atoms with Gasteiger partial charge in [0.05, 0.1) is 17.2 Å². The summed E-state index contributed by atoms with van der Waals surface area (Å²) in [7, 11) is 0. The molecule has 0 aliphatic rings. The fraction of sp³-hybridized carbons (Fsp3) is 0.273. The van der Waals surface area contributed by atoms with E-state index in [1.807, 2.05) is 53.4 Å². The predicted octanol–water partition coefficient (Wildman–Crippen LogP) is 3.28. The molecular weight excluding hydrogens is 400 g/mol. The third kappa shape index (κ3) is 6.12. The molecular formula is C22H24N4O3S. The van der Waals surface area contributed by atoms with Crippen LogP contribution in [0.5, 0.6) is 0 Å². The van der Waals surface area contributed by atoms with Crippen LogP contribution in [0.25, 0.3) is 5.69 Å². The van der Waals surface area contributed by atoms with Crippen molar-refractivity contribution in [1.29, 1.82) is 0 Å². The fourth-order valence-electron chi connectivity index (χ4n) is 2.94. The van der Waals surface area contributed by atoms with Gasteiger partial charge in [-0.25, -0.2) is 4.98 Å². The maximum atomic E-state index is 12.2. The molecule has 0 aliphatic heterocycles. The topological polar surface area (TPSA) is 93.1 Å². The molecule has 0 radical (unpaired) electrons. The van der Waals surface area contributed by atoms with E-state index in [9.17, 15) is 14.4 Å². The van der Waals surface area contributed by atoms with Crippen LogP contribution < -0.4 is 10.6 Å². The fourth-order valence-corrected chi connectivity index (χ4v) is 3.63. The summed E-state index contributed by atoms with van der Waals surface area (Å²) in [6, 6.07) is 11.3. The number of imidazole rings is 1. The summed E-state index contributed by atoms with van der Waals surface area (Å²) in [6.07, 6.45) is 5.79. The lowest BCUT2D eigenvalue weighted by Gasteiger charge is -2.15. The van der Waals surface area contributed by atoms with Gasteiger partial charge in [-0.1, -0.05) is 18.2 Å². The van der Waals surface area contributed by atoms with Crippen molar-refractivity contribution in [2.45, 2.75) is 32.2 Å². The van der Waals surface area contributed by atoms with E-state index in [-0.39, 0.29) is 49.4 Å². The molecule has 2 aromatic heterocycles. The van der Waals surface area contributed by atoms with Gasteiger partial charge in [0, 0.05) is 43.9 Å². The third-order valence-electron chi connectivity index (χ3n) is 4.62. The van der Waals surface area contributed by atoms with Gasteiger partial charge in [-0.2, -0.15) is 0 Å². The van der Waals surface area contributed by atoms with Crippen molar-refractivity contribution in [3.8, 4) is 5.69 Å².